The number of anilines is 1. The van der Waals surface area contributed by atoms with Crippen LogP contribution in [-0.4, -0.2) is 11.5 Å². The van der Waals surface area contributed by atoms with Crippen molar-refractivity contribution in [1.82, 2.24) is 0 Å². The van der Waals surface area contributed by atoms with Crippen LogP contribution in [0.2, 0.25) is 0 Å². The van der Waals surface area contributed by atoms with Gasteiger partial charge in [-0.25, -0.2) is 0 Å². The third-order valence-electron chi connectivity index (χ3n) is 3.74. The summed E-state index contributed by atoms with van der Waals surface area (Å²) in [7, 11) is 0. The van der Waals surface area contributed by atoms with E-state index >= 15 is 0 Å². The van der Waals surface area contributed by atoms with Gasteiger partial charge in [0.1, 0.15) is 5.75 Å². The maximum Gasteiger partial charge on any atom is 0.286 e. The van der Waals surface area contributed by atoms with E-state index in [-0.39, 0.29) is 10.6 Å². The Kier molecular flexibility index (Phi) is 5.76. The number of nitrogen functional groups attached to an aromatic ring is 1. The first-order chi connectivity index (χ1) is 12.6. The molecule has 0 aromatic heterocycles. The molecule has 0 bridgehead atoms. The molecule has 0 aliphatic rings. The lowest BCUT2D eigenvalue weighted by molar-refractivity contribution is -0.387. The normalized spacial score (nSPS) is 10.5. The molecule has 3 aromatic rings. The number of rotatable bonds is 7. The first-order valence-electron chi connectivity index (χ1n) is 8.10. The van der Waals surface area contributed by atoms with E-state index < -0.39 is 0 Å². The van der Waals surface area contributed by atoms with Crippen molar-refractivity contribution < 1.29 is 9.66 Å². The molecule has 0 aliphatic carbocycles. The summed E-state index contributed by atoms with van der Waals surface area (Å²) < 4.78 is 5.69. The molecule has 132 valence electrons. The van der Waals surface area contributed by atoms with Crippen LogP contribution in [0.25, 0.3) is 0 Å². The SMILES string of the molecule is Nc1ccc(Sc2ccc(OCCc3ccccc3)cc2[N+](=O)[O-])cc1. The molecule has 26 heavy (non-hydrogen) atoms. The number of hydrogen-bond donors (Lipinski definition) is 1. The Labute approximate surface area is 156 Å². The van der Waals surface area contributed by atoms with Crippen LogP contribution in [-0.2, 0) is 6.42 Å². The van der Waals surface area contributed by atoms with E-state index in [1.807, 2.05) is 42.5 Å². The zero-order valence-electron chi connectivity index (χ0n) is 14.0. The van der Waals surface area contributed by atoms with Gasteiger partial charge in [-0.15, -0.1) is 0 Å². The zero-order valence-corrected chi connectivity index (χ0v) is 14.8. The minimum Gasteiger partial charge on any atom is -0.493 e. The molecule has 0 saturated carbocycles. The number of hydrogen-bond acceptors (Lipinski definition) is 5. The first kappa shape index (κ1) is 17.8. The molecule has 0 radical (unpaired) electrons. The lowest BCUT2D eigenvalue weighted by atomic mass is 10.2. The summed E-state index contributed by atoms with van der Waals surface area (Å²) in [6.45, 7) is 0.464. The minimum atomic E-state index is -0.385. The largest absolute Gasteiger partial charge is 0.493 e. The van der Waals surface area contributed by atoms with Gasteiger partial charge in [0.2, 0.25) is 0 Å². The third kappa shape index (κ3) is 4.77. The number of nitrogens with zero attached hydrogens (tertiary/aromatic N) is 1. The van der Waals surface area contributed by atoms with E-state index in [2.05, 4.69) is 0 Å². The van der Waals surface area contributed by atoms with Crippen molar-refractivity contribution in [3.8, 4) is 5.75 Å². The monoisotopic (exact) mass is 366 g/mol. The number of nitrogens with two attached hydrogens (primary N) is 1. The van der Waals surface area contributed by atoms with Crippen LogP contribution in [0.15, 0.2) is 82.6 Å². The summed E-state index contributed by atoms with van der Waals surface area (Å²) in [6, 6.07) is 22.2. The highest BCUT2D eigenvalue weighted by Gasteiger charge is 2.16. The third-order valence-corrected chi connectivity index (χ3v) is 4.81. The van der Waals surface area contributed by atoms with Crippen molar-refractivity contribution in [1.29, 1.82) is 0 Å². The van der Waals surface area contributed by atoms with Crippen LogP contribution in [0.3, 0.4) is 0 Å². The summed E-state index contributed by atoms with van der Waals surface area (Å²) >= 11 is 1.33. The Bertz CT molecular complexity index is 883. The molecule has 0 amide bonds. The van der Waals surface area contributed by atoms with Gasteiger partial charge in [0.25, 0.3) is 5.69 Å². The van der Waals surface area contributed by atoms with Crippen molar-refractivity contribution in [2.45, 2.75) is 16.2 Å². The van der Waals surface area contributed by atoms with Crippen LogP contribution < -0.4 is 10.5 Å². The minimum absolute atomic E-state index is 0.0315. The van der Waals surface area contributed by atoms with Crippen molar-refractivity contribution in [3.63, 3.8) is 0 Å². The van der Waals surface area contributed by atoms with Crippen molar-refractivity contribution in [2.75, 3.05) is 12.3 Å². The quantitative estimate of drug-likeness (QED) is 0.364. The fraction of sp³-hybridized carbons (Fsp3) is 0.100. The van der Waals surface area contributed by atoms with Gasteiger partial charge in [-0.3, -0.25) is 10.1 Å². The molecule has 0 fully saturated rings. The highest BCUT2D eigenvalue weighted by Crippen LogP contribution is 2.37. The standard InChI is InChI=1S/C20H18N2O3S/c21-16-6-9-18(10-7-16)26-20-11-8-17(14-19(20)22(23)24)25-13-12-15-4-2-1-3-5-15/h1-11,14H,12-13,21H2. The Morgan fingerprint density at radius 2 is 1.73 bits per heavy atom. The number of nitro benzene ring substituents is 1. The van der Waals surface area contributed by atoms with E-state index in [0.717, 1.165) is 16.9 Å². The number of benzene rings is 3. The highest BCUT2D eigenvalue weighted by atomic mass is 32.2. The van der Waals surface area contributed by atoms with Crippen molar-refractivity contribution in [3.05, 3.63) is 88.5 Å². The molecular weight excluding hydrogens is 348 g/mol. The first-order valence-corrected chi connectivity index (χ1v) is 8.92. The molecule has 0 spiro atoms. The molecule has 0 saturated heterocycles. The fourth-order valence-corrected chi connectivity index (χ4v) is 3.31. The molecular formula is C20H18N2O3S. The molecule has 3 aromatic carbocycles. The van der Waals surface area contributed by atoms with Crippen LogP contribution in [0.5, 0.6) is 5.75 Å². The zero-order chi connectivity index (χ0) is 18.4. The topological polar surface area (TPSA) is 78.4 Å². The van der Waals surface area contributed by atoms with E-state index in [1.165, 1.54) is 17.8 Å². The molecule has 0 aliphatic heterocycles. The van der Waals surface area contributed by atoms with Gasteiger partial charge < -0.3 is 10.5 Å². The van der Waals surface area contributed by atoms with Gasteiger partial charge >= 0.3 is 0 Å². The lowest BCUT2D eigenvalue weighted by Gasteiger charge is -2.08. The van der Waals surface area contributed by atoms with Gasteiger partial charge in [0.05, 0.1) is 22.5 Å². The van der Waals surface area contributed by atoms with Gasteiger partial charge in [0.15, 0.2) is 0 Å². The second-order valence-corrected chi connectivity index (χ2v) is 6.76. The number of ether oxygens (including phenoxy) is 1. The predicted molar refractivity (Wildman–Crippen MR) is 104 cm³/mol. The smallest absolute Gasteiger partial charge is 0.286 e. The second kappa shape index (κ2) is 8.40. The highest BCUT2D eigenvalue weighted by molar-refractivity contribution is 7.99. The van der Waals surface area contributed by atoms with Gasteiger partial charge in [-0.05, 0) is 42.0 Å². The Morgan fingerprint density at radius 3 is 2.42 bits per heavy atom. The van der Waals surface area contributed by atoms with Crippen LogP contribution in [0.4, 0.5) is 11.4 Å². The predicted octanol–water partition coefficient (Wildman–Crippen LogP) is 4.95. The fourth-order valence-electron chi connectivity index (χ4n) is 2.41. The maximum absolute atomic E-state index is 11.4. The average Bonchev–Trinajstić information content (AvgIpc) is 2.65. The molecule has 6 heteroatoms. The molecule has 5 nitrogen and oxygen atoms in total. The molecule has 3 rings (SSSR count). The van der Waals surface area contributed by atoms with Crippen LogP contribution in [0, 0.1) is 10.1 Å². The van der Waals surface area contributed by atoms with E-state index in [9.17, 15) is 10.1 Å². The van der Waals surface area contributed by atoms with Crippen LogP contribution in [0.1, 0.15) is 5.56 Å². The summed E-state index contributed by atoms with van der Waals surface area (Å²) in [5, 5.41) is 11.4. The Hall–Kier alpha value is -2.99. The molecule has 0 unspecified atom stereocenters. The summed E-state index contributed by atoms with van der Waals surface area (Å²) in [5.41, 5.74) is 7.53. The van der Waals surface area contributed by atoms with Gasteiger partial charge in [-0.2, -0.15) is 0 Å². The van der Waals surface area contributed by atoms with E-state index in [4.69, 9.17) is 10.5 Å². The number of nitro groups is 1. The summed E-state index contributed by atoms with van der Waals surface area (Å²) in [4.78, 5) is 12.5. The molecule has 0 atom stereocenters. The summed E-state index contributed by atoms with van der Waals surface area (Å²) in [6.07, 6.45) is 0.747. The molecule has 2 N–H and O–H groups in total. The van der Waals surface area contributed by atoms with E-state index in [1.54, 1.807) is 24.3 Å². The van der Waals surface area contributed by atoms with Gasteiger partial charge in [-0.1, -0.05) is 42.1 Å². The van der Waals surface area contributed by atoms with Crippen molar-refractivity contribution >= 4 is 23.1 Å². The van der Waals surface area contributed by atoms with E-state index in [0.29, 0.717) is 22.9 Å². The second-order valence-electron chi connectivity index (χ2n) is 5.64. The van der Waals surface area contributed by atoms with Crippen molar-refractivity contribution in [2.24, 2.45) is 0 Å². The lowest BCUT2D eigenvalue weighted by Crippen LogP contribution is -2.02. The Balaban J connectivity index is 1.69. The average molecular weight is 366 g/mol. The van der Waals surface area contributed by atoms with Gasteiger partial charge in [0, 0.05) is 17.0 Å². The molecule has 0 heterocycles. The Morgan fingerprint density at radius 1 is 1.00 bits per heavy atom. The maximum atomic E-state index is 11.4. The summed E-state index contributed by atoms with van der Waals surface area (Å²) in [5.74, 6) is 0.495. The van der Waals surface area contributed by atoms with Crippen LogP contribution >= 0.6 is 11.8 Å².